The van der Waals surface area contributed by atoms with E-state index in [9.17, 15) is 18.0 Å². The second kappa shape index (κ2) is 6.31. The largest absolute Gasteiger partial charge is 0.399 e. The molecule has 0 heterocycles. The van der Waals surface area contributed by atoms with Crippen LogP contribution in [0.3, 0.4) is 0 Å². The standard InChI is InChI=1S/C12H16F3N3O/c13-12(14,15)5-1-2-6-18-10-4-3-8(16)7-9(10)11(17)19/h3-4,7,18H,1-2,5-6,16H2,(H2,17,19). The number of benzene rings is 1. The maximum Gasteiger partial charge on any atom is 0.389 e. The first-order valence-corrected chi connectivity index (χ1v) is 5.79. The Labute approximate surface area is 109 Å². The van der Waals surface area contributed by atoms with E-state index in [1.54, 1.807) is 12.1 Å². The predicted molar refractivity (Wildman–Crippen MR) is 67.8 cm³/mol. The smallest absolute Gasteiger partial charge is 0.389 e. The lowest BCUT2D eigenvalue weighted by Crippen LogP contribution is -2.15. The molecule has 1 aromatic carbocycles. The molecule has 0 bridgehead atoms. The molecule has 0 saturated heterocycles. The Balaban J connectivity index is 2.47. The van der Waals surface area contributed by atoms with Crippen LogP contribution in [0.1, 0.15) is 29.6 Å². The van der Waals surface area contributed by atoms with E-state index >= 15 is 0 Å². The lowest BCUT2D eigenvalue weighted by atomic mass is 10.1. The van der Waals surface area contributed by atoms with Crippen LogP contribution in [0.2, 0.25) is 0 Å². The SMILES string of the molecule is NC(=O)c1cc(N)ccc1NCCCCC(F)(F)F. The van der Waals surface area contributed by atoms with Gasteiger partial charge in [-0.3, -0.25) is 4.79 Å². The Kier molecular flexibility index (Phi) is 5.02. The van der Waals surface area contributed by atoms with Gasteiger partial charge in [0, 0.05) is 24.3 Å². The Morgan fingerprint density at radius 1 is 1.26 bits per heavy atom. The number of carbonyl (C=O) groups excluding carboxylic acids is 1. The second-order valence-corrected chi connectivity index (χ2v) is 4.17. The second-order valence-electron chi connectivity index (χ2n) is 4.17. The molecular formula is C12H16F3N3O. The molecule has 0 aromatic heterocycles. The minimum atomic E-state index is -4.13. The highest BCUT2D eigenvalue weighted by molar-refractivity contribution is 5.99. The van der Waals surface area contributed by atoms with E-state index in [4.69, 9.17) is 11.5 Å². The van der Waals surface area contributed by atoms with Crippen molar-refractivity contribution in [1.82, 2.24) is 0 Å². The quantitative estimate of drug-likeness (QED) is 0.551. The van der Waals surface area contributed by atoms with Crippen molar-refractivity contribution in [1.29, 1.82) is 0 Å². The summed E-state index contributed by atoms with van der Waals surface area (Å²) in [7, 11) is 0. The van der Waals surface area contributed by atoms with Crippen molar-refractivity contribution >= 4 is 17.3 Å². The summed E-state index contributed by atoms with van der Waals surface area (Å²) >= 11 is 0. The summed E-state index contributed by atoms with van der Waals surface area (Å²) in [5.74, 6) is -0.634. The molecule has 0 aliphatic heterocycles. The number of rotatable bonds is 6. The van der Waals surface area contributed by atoms with Crippen molar-refractivity contribution < 1.29 is 18.0 Å². The molecule has 0 saturated carbocycles. The van der Waals surface area contributed by atoms with Crippen LogP contribution in [-0.4, -0.2) is 18.6 Å². The van der Waals surface area contributed by atoms with Gasteiger partial charge >= 0.3 is 6.18 Å². The normalized spacial score (nSPS) is 11.3. The first-order valence-electron chi connectivity index (χ1n) is 5.79. The van der Waals surface area contributed by atoms with Crippen LogP contribution < -0.4 is 16.8 Å². The molecule has 7 heteroatoms. The van der Waals surface area contributed by atoms with E-state index in [0.717, 1.165) is 0 Å². The van der Waals surface area contributed by atoms with Gasteiger partial charge in [0.05, 0.1) is 5.56 Å². The Hall–Kier alpha value is -1.92. The molecule has 0 unspecified atom stereocenters. The first kappa shape index (κ1) is 15.1. The number of alkyl halides is 3. The maximum absolute atomic E-state index is 11.9. The molecule has 1 amide bonds. The maximum atomic E-state index is 11.9. The van der Waals surface area contributed by atoms with Crippen molar-refractivity contribution in [3.05, 3.63) is 23.8 Å². The number of nitrogen functional groups attached to an aromatic ring is 1. The van der Waals surface area contributed by atoms with E-state index < -0.39 is 18.5 Å². The third-order valence-corrected chi connectivity index (χ3v) is 2.51. The van der Waals surface area contributed by atoms with Gasteiger partial charge in [0.1, 0.15) is 0 Å². The number of primary amides is 1. The number of halogens is 3. The van der Waals surface area contributed by atoms with Gasteiger partial charge in [-0.05, 0) is 31.0 Å². The molecule has 1 aromatic rings. The molecular weight excluding hydrogens is 259 g/mol. The molecule has 1 rings (SSSR count). The molecule has 0 aliphatic rings. The lowest BCUT2D eigenvalue weighted by molar-refractivity contribution is -0.135. The van der Waals surface area contributed by atoms with Gasteiger partial charge in [-0.2, -0.15) is 13.2 Å². The number of amides is 1. The van der Waals surface area contributed by atoms with Crippen LogP contribution in [0.25, 0.3) is 0 Å². The number of unbranched alkanes of at least 4 members (excludes halogenated alkanes) is 1. The molecule has 0 fully saturated rings. The zero-order valence-electron chi connectivity index (χ0n) is 10.3. The van der Waals surface area contributed by atoms with Crippen molar-refractivity contribution in [2.45, 2.75) is 25.4 Å². The zero-order chi connectivity index (χ0) is 14.5. The fourth-order valence-electron chi connectivity index (χ4n) is 1.59. The molecule has 4 nitrogen and oxygen atoms in total. The van der Waals surface area contributed by atoms with Crippen LogP contribution in [0.4, 0.5) is 24.5 Å². The Bertz CT molecular complexity index is 446. The van der Waals surface area contributed by atoms with Crippen LogP contribution in [0.15, 0.2) is 18.2 Å². The highest BCUT2D eigenvalue weighted by Gasteiger charge is 2.25. The third kappa shape index (κ3) is 5.50. The summed E-state index contributed by atoms with van der Waals surface area (Å²) in [4.78, 5) is 11.2. The van der Waals surface area contributed by atoms with E-state index in [-0.39, 0.29) is 12.0 Å². The van der Waals surface area contributed by atoms with Gasteiger partial charge in [-0.1, -0.05) is 0 Å². The fourth-order valence-corrected chi connectivity index (χ4v) is 1.59. The molecule has 0 radical (unpaired) electrons. The number of anilines is 2. The van der Waals surface area contributed by atoms with Crippen molar-refractivity contribution in [3.8, 4) is 0 Å². The van der Waals surface area contributed by atoms with Crippen LogP contribution in [0, 0.1) is 0 Å². The molecule has 5 N–H and O–H groups in total. The highest BCUT2D eigenvalue weighted by Crippen LogP contribution is 2.22. The van der Waals surface area contributed by atoms with Crippen molar-refractivity contribution in [2.24, 2.45) is 5.73 Å². The average molecular weight is 275 g/mol. The third-order valence-electron chi connectivity index (χ3n) is 2.51. The summed E-state index contributed by atoms with van der Waals surface area (Å²) in [5.41, 5.74) is 11.8. The summed E-state index contributed by atoms with van der Waals surface area (Å²) in [6, 6.07) is 4.60. The number of hydrogen-bond acceptors (Lipinski definition) is 3. The van der Waals surface area contributed by atoms with Gasteiger partial charge in [-0.15, -0.1) is 0 Å². The molecule has 19 heavy (non-hydrogen) atoms. The monoisotopic (exact) mass is 275 g/mol. The minimum absolute atomic E-state index is 0.0391. The van der Waals surface area contributed by atoms with Crippen molar-refractivity contribution in [3.63, 3.8) is 0 Å². The van der Waals surface area contributed by atoms with E-state index in [0.29, 0.717) is 24.3 Å². The number of nitrogens with two attached hydrogens (primary N) is 2. The summed E-state index contributed by atoms with van der Waals surface area (Å²) in [6.45, 7) is 0.334. The van der Waals surface area contributed by atoms with E-state index in [1.807, 2.05) is 0 Å². The Morgan fingerprint density at radius 3 is 2.53 bits per heavy atom. The fraction of sp³-hybridized carbons (Fsp3) is 0.417. The van der Waals surface area contributed by atoms with Crippen LogP contribution >= 0.6 is 0 Å². The predicted octanol–water partition coefficient (Wildman–Crippen LogP) is 2.51. The van der Waals surface area contributed by atoms with Crippen LogP contribution in [-0.2, 0) is 0 Å². The topological polar surface area (TPSA) is 81.1 Å². The summed E-state index contributed by atoms with van der Waals surface area (Å²) in [6.07, 6.45) is -4.54. The molecule has 0 spiro atoms. The molecule has 0 aliphatic carbocycles. The van der Waals surface area contributed by atoms with Gasteiger partial charge in [0.15, 0.2) is 0 Å². The number of hydrogen-bond donors (Lipinski definition) is 3. The zero-order valence-corrected chi connectivity index (χ0v) is 10.3. The van der Waals surface area contributed by atoms with Crippen LogP contribution in [0.5, 0.6) is 0 Å². The summed E-state index contributed by atoms with van der Waals surface area (Å²) < 4.78 is 35.8. The first-order chi connectivity index (χ1) is 8.79. The van der Waals surface area contributed by atoms with Gasteiger partial charge in [-0.25, -0.2) is 0 Å². The molecule has 0 atom stereocenters. The van der Waals surface area contributed by atoms with E-state index in [1.165, 1.54) is 6.07 Å². The Morgan fingerprint density at radius 2 is 1.95 bits per heavy atom. The van der Waals surface area contributed by atoms with E-state index in [2.05, 4.69) is 5.32 Å². The van der Waals surface area contributed by atoms with Gasteiger partial charge in [0.2, 0.25) is 0 Å². The minimum Gasteiger partial charge on any atom is -0.399 e. The lowest BCUT2D eigenvalue weighted by Gasteiger charge is -2.11. The number of carbonyl (C=O) groups is 1. The molecule has 106 valence electrons. The van der Waals surface area contributed by atoms with Gasteiger partial charge in [0.25, 0.3) is 5.91 Å². The van der Waals surface area contributed by atoms with Gasteiger partial charge < -0.3 is 16.8 Å². The number of nitrogens with one attached hydrogen (secondary N) is 1. The van der Waals surface area contributed by atoms with Crippen molar-refractivity contribution in [2.75, 3.05) is 17.6 Å². The summed E-state index contributed by atoms with van der Waals surface area (Å²) in [5, 5.41) is 2.88. The highest BCUT2D eigenvalue weighted by atomic mass is 19.4. The average Bonchev–Trinajstić information content (AvgIpc) is 2.28.